The Kier molecular flexibility index (Phi) is 4.36. The first-order chi connectivity index (χ1) is 7.09. The van der Waals surface area contributed by atoms with E-state index in [1.165, 1.54) is 0 Å². The topological polar surface area (TPSA) is 107 Å². The number of hydrogen-bond donors (Lipinski definition) is 3. The summed E-state index contributed by atoms with van der Waals surface area (Å²) in [4.78, 5) is 21.5. The van der Waals surface area contributed by atoms with Gasteiger partial charge in [-0.2, -0.15) is 0 Å². The van der Waals surface area contributed by atoms with E-state index in [4.69, 9.17) is 11.5 Å². The fourth-order valence-electron chi connectivity index (χ4n) is 1.32. The molecule has 2 amide bonds. The zero-order valence-electron chi connectivity index (χ0n) is 8.57. The highest BCUT2D eigenvalue weighted by atomic mass is 16.5. The lowest BCUT2D eigenvalue weighted by atomic mass is 10.1. The SMILES string of the molecule is NC(=O)OCCNC(=O)CC(N)C1CC1. The molecule has 1 aliphatic rings. The minimum Gasteiger partial charge on any atom is -0.448 e. The van der Waals surface area contributed by atoms with Crippen LogP contribution in [0.25, 0.3) is 0 Å². The van der Waals surface area contributed by atoms with E-state index >= 15 is 0 Å². The van der Waals surface area contributed by atoms with E-state index in [9.17, 15) is 9.59 Å². The minimum absolute atomic E-state index is 0.0398. The molecule has 6 nitrogen and oxygen atoms in total. The van der Waals surface area contributed by atoms with Crippen molar-refractivity contribution < 1.29 is 14.3 Å². The molecule has 6 heteroatoms. The predicted molar refractivity (Wildman–Crippen MR) is 53.9 cm³/mol. The van der Waals surface area contributed by atoms with E-state index in [0.29, 0.717) is 12.3 Å². The molecule has 1 fully saturated rings. The first kappa shape index (κ1) is 11.8. The van der Waals surface area contributed by atoms with Crippen LogP contribution in [-0.4, -0.2) is 31.2 Å². The van der Waals surface area contributed by atoms with Gasteiger partial charge in [-0.3, -0.25) is 4.79 Å². The number of amides is 2. The molecular weight excluding hydrogens is 198 g/mol. The normalized spacial score (nSPS) is 16.9. The van der Waals surface area contributed by atoms with Crippen LogP contribution in [0.4, 0.5) is 4.79 Å². The van der Waals surface area contributed by atoms with Crippen LogP contribution in [0.1, 0.15) is 19.3 Å². The molecule has 1 rings (SSSR count). The Morgan fingerprint density at radius 3 is 2.67 bits per heavy atom. The number of nitrogens with two attached hydrogens (primary N) is 2. The summed E-state index contributed by atoms with van der Waals surface area (Å²) in [5, 5.41) is 2.60. The number of nitrogens with one attached hydrogen (secondary N) is 1. The van der Waals surface area contributed by atoms with Crippen molar-refractivity contribution in [2.24, 2.45) is 17.4 Å². The Balaban J connectivity index is 2.00. The van der Waals surface area contributed by atoms with Gasteiger partial charge < -0.3 is 21.5 Å². The quantitative estimate of drug-likeness (QED) is 0.510. The van der Waals surface area contributed by atoms with Crippen molar-refractivity contribution in [2.45, 2.75) is 25.3 Å². The van der Waals surface area contributed by atoms with Crippen molar-refractivity contribution in [3.05, 3.63) is 0 Å². The number of ether oxygens (including phenoxy) is 1. The van der Waals surface area contributed by atoms with Crippen LogP contribution >= 0.6 is 0 Å². The fourth-order valence-corrected chi connectivity index (χ4v) is 1.32. The van der Waals surface area contributed by atoms with E-state index in [2.05, 4.69) is 10.1 Å². The lowest BCUT2D eigenvalue weighted by molar-refractivity contribution is -0.121. The Bertz CT molecular complexity index is 241. The highest BCUT2D eigenvalue weighted by Gasteiger charge is 2.29. The Morgan fingerprint density at radius 2 is 2.13 bits per heavy atom. The average molecular weight is 215 g/mol. The second kappa shape index (κ2) is 5.55. The first-order valence-electron chi connectivity index (χ1n) is 5.04. The summed E-state index contributed by atoms with van der Waals surface area (Å²) >= 11 is 0. The predicted octanol–water partition coefficient (Wildman–Crippen LogP) is -0.675. The largest absolute Gasteiger partial charge is 0.448 e. The molecule has 1 atom stereocenters. The van der Waals surface area contributed by atoms with Gasteiger partial charge in [-0.1, -0.05) is 0 Å². The monoisotopic (exact) mass is 215 g/mol. The third-order valence-corrected chi connectivity index (χ3v) is 2.32. The lowest BCUT2D eigenvalue weighted by Gasteiger charge is -2.10. The molecule has 0 aromatic carbocycles. The Morgan fingerprint density at radius 1 is 1.47 bits per heavy atom. The number of rotatable bonds is 6. The summed E-state index contributed by atoms with van der Waals surface area (Å²) in [7, 11) is 0. The van der Waals surface area contributed by atoms with Crippen LogP contribution in [0.15, 0.2) is 0 Å². The van der Waals surface area contributed by atoms with Crippen LogP contribution in [0.2, 0.25) is 0 Å². The van der Waals surface area contributed by atoms with Gasteiger partial charge in [0, 0.05) is 12.5 Å². The van der Waals surface area contributed by atoms with Gasteiger partial charge in [0.2, 0.25) is 5.91 Å². The third-order valence-electron chi connectivity index (χ3n) is 2.32. The number of primary amides is 1. The van der Waals surface area contributed by atoms with Gasteiger partial charge in [0.15, 0.2) is 0 Å². The van der Waals surface area contributed by atoms with Crippen LogP contribution < -0.4 is 16.8 Å². The molecule has 0 aromatic rings. The Hall–Kier alpha value is -1.30. The molecule has 1 aliphatic carbocycles. The number of carbonyl (C=O) groups is 2. The van der Waals surface area contributed by atoms with Crippen molar-refractivity contribution in [2.75, 3.05) is 13.2 Å². The van der Waals surface area contributed by atoms with Crippen LogP contribution in [0.3, 0.4) is 0 Å². The molecule has 0 bridgehead atoms. The fraction of sp³-hybridized carbons (Fsp3) is 0.778. The standard InChI is InChI=1S/C9H17N3O3/c10-7(6-1-2-6)5-8(13)12-3-4-15-9(11)14/h6-7H,1-5,10H2,(H2,11,14)(H,12,13). The zero-order valence-corrected chi connectivity index (χ0v) is 8.57. The van der Waals surface area contributed by atoms with E-state index < -0.39 is 6.09 Å². The number of carbonyl (C=O) groups excluding carboxylic acids is 2. The second-order valence-electron chi connectivity index (χ2n) is 3.72. The highest BCUT2D eigenvalue weighted by Crippen LogP contribution is 2.32. The van der Waals surface area contributed by atoms with E-state index in [1.54, 1.807) is 0 Å². The van der Waals surface area contributed by atoms with E-state index in [-0.39, 0.29) is 25.1 Å². The van der Waals surface area contributed by atoms with Gasteiger partial charge in [-0.25, -0.2) is 4.79 Å². The van der Waals surface area contributed by atoms with Crippen LogP contribution in [0, 0.1) is 5.92 Å². The number of hydrogen-bond acceptors (Lipinski definition) is 4. The molecular formula is C9H17N3O3. The van der Waals surface area contributed by atoms with Gasteiger partial charge in [0.1, 0.15) is 6.61 Å². The summed E-state index contributed by atoms with van der Waals surface area (Å²) in [6, 6.07) is -0.0398. The summed E-state index contributed by atoms with van der Waals surface area (Å²) in [5.74, 6) is 0.403. The molecule has 0 saturated heterocycles. The molecule has 0 aromatic heterocycles. The van der Waals surface area contributed by atoms with Gasteiger partial charge in [-0.05, 0) is 18.8 Å². The molecule has 0 spiro atoms. The van der Waals surface area contributed by atoms with Crippen LogP contribution in [-0.2, 0) is 9.53 Å². The maximum absolute atomic E-state index is 11.3. The smallest absolute Gasteiger partial charge is 0.404 e. The minimum atomic E-state index is -0.834. The molecule has 0 aliphatic heterocycles. The average Bonchev–Trinajstić information content (AvgIpc) is 2.94. The van der Waals surface area contributed by atoms with Crippen molar-refractivity contribution in [3.8, 4) is 0 Å². The highest BCUT2D eigenvalue weighted by molar-refractivity contribution is 5.76. The molecule has 5 N–H and O–H groups in total. The second-order valence-corrected chi connectivity index (χ2v) is 3.72. The van der Waals surface area contributed by atoms with Gasteiger partial charge in [0.25, 0.3) is 0 Å². The van der Waals surface area contributed by atoms with Crippen LogP contribution in [0.5, 0.6) is 0 Å². The maximum Gasteiger partial charge on any atom is 0.404 e. The summed E-state index contributed by atoms with van der Waals surface area (Å²) in [6.07, 6.45) is 1.75. The van der Waals surface area contributed by atoms with Gasteiger partial charge in [0.05, 0.1) is 6.54 Å². The summed E-state index contributed by atoms with van der Waals surface area (Å²) < 4.78 is 4.45. The molecule has 0 radical (unpaired) electrons. The first-order valence-corrected chi connectivity index (χ1v) is 5.04. The van der Waals surface area contributed by atoms with E-state index in [1.807, 2.05) is 0 Å². The molecule has 86 valence electrons. The van der Waals surface area contributed by atoms with Crippen molar-refractivity contribution >= 4 is 12.0 Å². The molecule has 0 heterocycles. The van der Waals surface area contributed by atoms with E-state index in [0.717, 1.165) is 12.8 Å². The van der Waals surface area contributed by atoms with Crippen molar-refractivity contribution in [1.29, 1.82) is 0 Å². The summed E-state index contributed by atoms with van der Waals surface area (Å²) in [6.45, 7) is 0.374. The maximum atomic E-state index is 11.3. The summed E-state index contributed by atoms with van der Waals surface area (Å²) in [5.41, 5.74) is 10.5. The zero-order chi connectivity index (χ0) is 11.3. The molecule has 15 heavy (non-hydrogen) atoms. The third kappa shape index (κ3) is 5.21. The molecule has 1 saturated carbocycles. The Labute approximate surface area is 88.3 Å². The van der Waals surface area contributed by atoms with Crippen molar-refractivity contribution in [3.63, 3.8) is 0 Å². The van der Waals surface area contributed by atoms with Gasteiger partial charge >= 0.3 is 6.09 Å². The molecule has 1 unspecified atom stereocenters. The van der Waals surface area contributed by atoms with Gasteiger partial charge in [-0.15, -0.1) is 0 Å². The van der Waals surface area contributed by atoms with Crippen molar-refractivity contribution in [1.82, 2.24) is 5.32 Å². The lowest BCUT2D eigenvalue weighted by Crippen LogP contribution is -2.35.